The molecule has 1 aliphatic rings. The van der Waals surface area contributed by atoms with Gasteiger partial charge in [0.1, 0.15) is 11.9 Å². The summed E-state index contributed by atoms with van der Waals surface area (Å²) < 4.78 is 20.2. The van der Waals surface area contributed by atoms with Crippen LogP contribution in [0.1, 0.15) is 47.8 Å². The van der Waals surface area contributed by atoms with Crippen LogP contribution in [0.5, 0.6) is 0 Å². The number of rotatable bonds is 6. The van der Waals surface area contributed by atoms with E-state index in [1.807, 2.05) is 0 Å². The van der Waals surface area contributed by atoms with E-state index >= 15 is 0 Å². The monoisotopic (exact) mass is 440 g/mol. The van der Waals surface area contributed by atoms with Crippen LogP contribution in [0.25, 0.3) is 0 Å². The minimum Gasteiger partial charge on any atom is -0.459 e. The molecule has 31 heavy (non-hydrogen) atoms. The van der Waals surface area contributed by atoms with Crippen molar-refractivity contribution in [3.05, 3.63) is 89.1 Å². The van der Waals surface area contributed by atoms with E-state index in [9.17, 15) is 14.0 Å². The van der Waals surface area contributed by atoms with Crippen molar-refractivity contribution in [3.8, 4) is 0 Å². The summed E-state index contributed by atoms with van der Waals surface area (Å²) in [5.74, 6) is -1.60. The molecule has 0 spiro atoms. The Morgan fingerprint density at radius 3 is 2.39 bits per heavy atom. The molecule has 1 atom stereocenters. The Balaban J connectivity index is 1.82. The number of furan rings is 1. The molecule has 0 aliphatic heterocycles. The fourth-order valence-corrected chi connectivity index (χ4v) is 4.07. The number of carbonyl (C=O) groups excluding carboxylic acids is 2. The van der Waals surface area contributed by atoms with Crippen molar-refractivity contribution in [2.24, 2.45) is 0 Å². The van der Waals surface area contributed by atoms with Gasteiger partial charge in [-0.05, 0) is 54.8 Å². The molecule has 1 fully saturated rings. The third kappa shape index (κ3) is 4.64. The van der Waals surface area contributed by atoms with Gasteiger partial charge in [0.25, 0.3) is 5.91 Å². The lowest BCUT2D eigenvalue weighted by molar-refractivity contribution is -0.123. The molecule has 1 saturated carbocycles. The number of benzene rings is 2. The second kappa shape index (κ2) is 9.35. The first kappa shape index (κ1) is 21.1. The number of hydrogen-bond donors (Lipinski definition) is 1. The van der Waals surface area contributed by atoms with Crippen LogP contribution in [0.3, 0.4) is 0 Å². The van der Waals surface area contributed by atoms with E-state index in [0.717, 1.165) is 30.6 Å². The van der Waals surface area contributed by atoms with Crippen LogP contribution in [-0.4, -0.2) is 17.9 Å². The predicted octanol–water partition coefficient (Wildman–Crippen LogP) is 5.52. The second-order valence-electron chi connectivity index (χ2n) is 7.55. The van der Waals surface area contributed by atoms with Crippen LogP contribution in [0.15, 0.2) is 71.3 Å². The molecule has 2 amide bonds. The number of halogens is 2. The van der Waals surface area contributed by atoms with Crippen LogP contribution < -0.4 is 10.2 Å². The lowest BCUT2D eigenvalue weighted by Crippen LogP contribution is -2.46. The summed E-state index contributed by atoms with van der Waals surface area (Å²) in [5.41, 5.74) is 0.508. The van der Waals surface area contributed by atoms with Gasteiger partial charge in [-0.1, -0.05) is 48.7 Å². The van der Waals surface area contributed by atoms with Crippen molar-refractivity contribution >= 4 is 29.1 Å². The first-order valence-electron chi connectivity index (χ1n) is 10.2. The number of amides is 2. The fourth-order valence-electron chi connectivity index (χ4n) is 3.94. The number of hydrogen-bond acceptors (Lipinski definition) is 3. The van der Waals surface area contributed by atoms with Crippen molar-refractivity contribution in [2.75, 3.05) is 4.90 Å². The van der Waals surface area contributed by atoms with E-state index in [1.165, 1.54) is 30.5 Å². The Morgan fingerprint density at radius 1 is 1.03 bits per heavy atom. The van der Waals surface area contributed by atoms with Gasteiger partial charge in [-0.2, -0.15) is 0 Å². The van der Waals surface area contributed by atoms with Gasteiger partial charge in [0.15, 0.2) is 5.76 Å². The predicted molar refractivity (Wildman–Crippen MR) is 117 cm³/mol. The van der Waals surface area contributed by atoms with Crippen LogP contribution in [-0.2, 0) is 4.79 Å². The Morgan fingerprint density at radius 2 is 1.74 bits per heavy atom. The number of carbonyl (C=O) groups is 2. The zero-order valence-electron chi connectivity index (χ0n) is 16.8. The molecule has 2 aromatic carbocycles. The topological polar surface area (TPSA) is 62.6 Å². The molecule has 3 aromatic rings. The van der Waals surface area contributed by atoms with Gasteiger partial charge in [-0.25, -0.2) is 4.39 Å². The Bertz CT molecular complexity index is 1050. The minimum absolute atomic E-state index is 0.00887. The normalized spacial score (nSPS) is 14.9. The number of para-hydroxylation sites is 1. The Kier molecular flexibility index (Phi) is 6.37. The van der Waals surface area contributed by atoms with Gasteiger partial charge in [0.05, 0.1) is 12.0 Å². The highest BCUT2D eigenvalue weighted by Crippen LogP contribution is 2.33. The molecule has 4 rings (SSSR count). The highest BCUT2D eigenvalue weighted by atomic mass is 35.5. The van der Waals surface area contributed by atoms with E-state index < -0.39 is 17.8 Å². The zero-order valence-corrected chi connectivity index (χ0v) is 17.5. The maximum Gasteiger partial charge on any atom is 0.295 e. The summed E-state index contributed by atoms with van der Waals surface area (Å²) in [7, 11) is 0. The maximum absolute atomic E-state index is 14.9. The van der Waals surface area contributed by atoms with Crippen molar-refractivity contribution in [1.82, 2.24) is 5.32 Å². The lowest BCUT2D eigenvalue weighted by Gasteiger charge is -2.32. The average Bonchev–Trinajstić information content (AvgIpc) is 3.47. The molecule has 0 radical (unpaired) electrons. The molecule has 1 heterocycles. The van der Waals surface area contributed by atoms with Gasteiger partial charge in [0.2, 0.25) is 5.91 Å². The summed E-state index contributed by atoms with van der Waals surface area (Å²) in [6.45, 7) is 0. The van der Waals surface area contributed by atoms with Crippen LogP contribution in [0.4, 0.5) is 10.1 Å². The molecule has 1 N–H and O–H groups in total. The smallest absolute Gasteiger partial charge is 0.295 e. The van der Waals surface area contributed by atoms with Crippen molar-refractivity contribution in [3.63, 3.8) is 0 Å². The summed E-state index contributed by atoms with van der Waals surface area (Å²) in [6, 6.07) is 14.5. The van der Waals surface area contributed by atoms with E-state index in [0.29, 0.717) is 10.6 Å². The SMILES string of the molecule is O=C(NC1CCCC1)C(c1ccc(Cl)cc1)N(C(=O)c1ccco1)c1ccccc1F. The summed E-state index contributed by atoms with van der Waals surface area (Å²) in [6.07, 6.45) is 5.20. The van der Waals surface area contributed by atoms with Crippen molar-refractivity contribution in [2.45, 2.75) is 37.8 Å². The minimum atomic E-state index is -1.10. The lowest BCUT2D eigenvalue weighted by atomic mass is 10.0. The Hall–Kier alpha value is -3.12. The molecule has 160 valence electrons. The largest absolute Gasteiger partial charge is 0.459 e. The molecule has 7 heteroatoms. The van der Waals surface area contributed by atoms with Crippen molar-refractivity contribution in [1.29, 1.82) is 0 Å². The van der Waals surface area contributed by atoms with E-state index in [-0.39, 0.29) is 23.4 Å². The van der Waals surface area contributed by atoms with Crippen LogP contribution in [0.2, 0.25) is 5.02 Å². The van der Waals surface area contributed by atoms with E-state index in [2.05, 4.69) is 5.32 Å². The highest BCUT2D eigenvalue weighted by molar-refractivity contribution is 6.30. The number of nitrogens with one attached hydrogen (secondary N) is 1. The van der Waals surface area contributed by atoms with Gasteiger partial charge in [-0.15, -0.1) is 0 Å². The molecule has 0 saturated heterocycles. The standard InChI is InChI=1S/C24H22ClFN2O3/c25-17-13-11-16(12-14-17)22(23(29)27-18-6-1-2-7-18)28(20-9-4-3-8-19(20)26)24(30)21-10-5-15-31-21/h3-5,8-15,18,22H,1-2,6-7H2,(H,27,29). The number of nitrogens with zero attached hydrogens (tertiary/aromatic N) is 1. The molecule has 5 nitrogen and oxygen atoms in total. The van der Waals surface area contributed by atoms with Gasteiger partial charge < -0.3 is 9.73 Å². The summed E-state index contributed by atoms with van der Waals surface area (Å²) in [5, 5.41) is 3.54. The zero-order chi connectivity index (χ0) is 21.8. The van der Waals surface area contributed by atoms with E-state index in [4.69, 9.17) is 16.0 Å². The molecule has 1 aromatic heterocycles. The second-order valence-corrected chi connectivity index (χ2v) is 7.98. The quantitative estimate of drug-likeness (QED) is 0.549. The summed E-state index contributed by atoms with van der Waals surface area (Å²) in [4.78, 5) is 28.1. The molecular formula is C24H22ClFN2O3. The van der Waals surface area contributed by atoms with Gasteiger partial charge >= 0.3 is 0 Å². The van der Waals surface area contributed by atoms with Gasteiger partial charge in [-0.3, -0.25) is 14.5 Å². The molecule has 1 unspecified atom stereocenters. The first-order valence-corrected chi connectivity index (χ1v) is 10.6. The third-order valence-electron chi connectivity index (χ3n) is 5.46. The summed E-state index contributed by atoms with van der Waals surface area (Å²) >= 11 is 6.04. The first-order chi connectivity index (χ1) is 15.0. The molecule has 0 bridgehead atoms. The average molecular weight is 441 g/mol. The number of anilines is 1. The van der Waals surface area contributed by atoms with Crippen LogP contribution >= 0.6 is 11.6 Å². The maximum atomic E-state index is 14.9. The van der Waals surface area contributed by atoms with Gasteiger partial charge in [0, 0.05) is 11.1 Å². The Labute approximate surface area is 184 Å². The molecular weight excluding hydrogens is 419 g/mol. The van der Waals surface area contributed by atoms with Crippen LogP contribution in [0, 0.1) is 5.82 Å². The third-order valence-corrected chi connectivity index (χ3v) is 5.71. The van der Waals surface area contributed by atoms with E-state index in [1.54, 1.807) is 36.4 Å². The fraction of sp³-hybridized carbons (Fsp3) is 0.250. The van der Waals surface area contributed by atoms with Crippen molar-refractivity contribution < 1.29 is 18.4 Å². The highest BCUT2D eigenvalue weighted by Gasteiger charge is 2.36. The molecule has 1 aliphatic carbocycles.